The van der Waals surface area contributed by atoms with Crippen LogP contribution in [0.15, 0.2) is 35.7 Å². The van der Waals surface area contributed by atoms with E-state index in [1.165, 1.54) is 17.0 Å². The smallest absolute Gasteiger partial charge is 0.126 e. The van der Waals surface area contributed by atoms with E-state index in [0.29, 0.717) is 5.56 Å². The zero-order valence-corrected chi connectivity index (χ0v) is 12.4. The van der Waals surface area contributed by atoms with E-state index in [-0.39, 0.29) is 6.04 Å². The van der Waals surface area contributed by atoms with Crippen LogP contribution in [0.1, 0.15) is 36.2 Å². The van der Waals surface area contributed by atoms with Crippen LogP contribution in [0.25, 0.3) is 0 Å². The highest BCUT2D eigenvalue weighted by Gasteiger charge is 2.12. The molecule has 20 heavy (non-hydrogen) atoms. The molecule has 0 bridgehead atoms. The summed E-state index contributed by atoms with van der Waals surface area (Å²) in [7, 11) is 0. The zero-order valence-electron chi connectivity index (χ0n) is 11.5. The molecule has 1 atom stereocenters. The van der Waals surface area contributed by atoms with Gasteiger partial charge < -0.3 is 5.32 Å². The van der Waals surface area contributed by atoms with Gasteiger partial charge in [-0.3, -0.25) is 0 Å². The second-order valence-electron chi connectivity index (χ2n) is 4.78. The number of hydrogen-bond acceptors (Lipinski definition) is 2. The number of hydrogen-bond donors (Lipinski definition) is 1. The van der Waals surface area contributed by atoms with Gasteiger partial charge in [0.2, 0.25) is 0 Å². The zero-order chi connectivity index (χ0) is 14.4. The Labute approximate surface area is 122 Å². The molecule has 1 aromatic carbocycles. The van der Waals surface area contributed by atoms with E-state index < -0.39 is 11.6 Å². The van der Waals surface area contributed by atoms with E-state index in [1.54, 1.807) is 11.3 Å². The summed E-state index contributed by atoms with van der Waals surface area (Å²) in [4.78, 5) is 1.35. The summed E-state index contributed by atoms with van der Waals surface area (Å²) in [5, 5.41) is 5.37. The van der Waals surface area contributed by atoms with Crippen molar-refractivity contribution in [1.29, 1.82) is 0 Å². The van der Waals surface area contributed by atoms with Gasteiger partial charge in [0.15, 0.2) is 0 Å². The van der Waals surface area contributed by atoms with Crippen LogP contribution < -0.4 is 5.32 Å². The molecule has 0 radical (unpaired) electrons. The summed E-state index contributed by atoms with van der Waals surface area (Å²) < 4.78 is 26.6. The van der Waals surface area contributed by atoms with Gasteiger partial charge in [0.05, 0.1) is 0 Å². The predicted molar refractivity (Wildman–Crippen MR) is 80.0 cm³/mol. The van der Waals surface area contributed by atoms with Crippen LogP contribution in [-0.2, 0) is 6.42 Å². The van der Waals surface area contributed by atoms with Crippen LogP contribution in [-0.4, -0.2) is 6.54 Å². The first-order valence-electron chi connectivity index (χ1n) is 6.90. The van der Waals surface area contributed by atoms with Gasteiger partial charge in [-0.2, -0.15) is 0 Å². The minimum Gasteiger partial charge on any atom is -0.310 e. The number of halogens is 2. The summed E-state index contributed by atoms with van der Waals surface area (Å²) in [6.07, 6.45) is 2.88. The minimum atomic E-state index is -0.513. The molecule has 1 nitrogen and oxygen atoms in total. The molecule has 2 aromatic rings. The lowest BCUT2D eigenvalue weighted by Crippen LogP contribution is -2.21. The Kier molecular flexibility index (Phi) is 5.68. The average Bonchev–Trinajstić information content (AvgIpc) is 2.89. The van der Waals surface area contributed by atoms with Crippen molar-refractivity contribution in [3.05, 3.63) is 57.8 Å². The van der Waals surface area contributed by atoms with Crippen molar-refractivity contribution in [2.45, 2.75) is 32.2 Å². The number of benzene rings is 1. The molecule has 1 N–H and O–H groups in total. The molecule has 108 valence electrons. The van der Waals surface area contributed by atoms with Crippen molar-refractivity contribution >= 4 is 11.3 Å². The highest BCUT2D eigenvalue weighted by Crippen LogP contribution is 2.22. The molecule has 1 aromatic heterocycles. The van der Waals surface area contributed by atoms with Gasteiger partial charge in [-0.15, -0.1) is 11.3 Å². The topological polar surface area (TPSA) is 12.0 Å². The van der Waals surface area contributed by atoms with Crippen molar-refractivity contribution in [3.63, 3.8) is 0 Å². The fourth-order valence-corrected chi connectivity index (χ4v) is 3.10. The molecule has 0 aliphatic heterocycles. The van der Waals surface area contributed by atoms with Crippen LogP contribution in [0.3, 0.4) is 0 Å². The van der Waals surface area contributed by atoms with Gasteiger partial charge in [0.25, 0.3) is 0 Å². The molecule has 1 heterocycles. The largest absolute Gasteiger partial charge is 0.310 e. The third-order valence-electron chi connectivity index (χ3n) is 3.23. The van der Waals surface area contributed by atoms with Crippen molar-refractivity contribution in [1.82, 2.24) is 5.32 Å². The SMILES string of the molecule is CCNC(CCCc1cccs1)c1cc(F)cc(F)c1. The first-order valence-corrected chi connectivity index (χ1v) is 7.78. The highest BCUT2D eigenvalue weighted by molar-refractivity contribution is 7.09. The molecule has 4 heteroatoms. The molecule has 0 aliphatic carbocycles. The molecular weight excluding hydrogens is 276 g/mol. The number of thiophene rings is 1. The molecular formula is C16H19F2NS. The molecule has 0 fully saturated rings. The van der Waals surface area contributed by atoms with Gasteiger partial charge >= 0.3 is 0 Å². The van der Waals surface area contributed by atoms with Gasteiger partial charge in [-0.25, -0.2) is 8.78 Å². The fraction of sp³-hybridized carbons (Fsp3) is 0.375. The van der Waals surface area contributed by atoms with E-state index in [1.807, 2.05) is 13.0 Å². The normalized spacial score (nSPS) is 12.6. The Morgan fingerprint density at radius 1 is 1.20 bits per heavy atom. The van der Waals surface area contributed by atoms with Gasteiger partial charge in [-0.05, 0) is 54.9 Å². The van der Waals surface area contributed by atoms with Crippen LogP contribution >= 0.6 is 11.3 Å². The Balaban J connectivity index is 1.98. The molecule has 2 rings (SSSR count). The summed E-state index contributed by atoms with van der Waals surface area (Å²) in [5.41, 5.74) is 0.690. The quantitative estimate of drug-likeness (QED) is 0.780. The van der Waals surface area contributed by atoms with Gasteiger partial charge in [0, 0.05) is 17.0 Å². The lowest BCUT2D eigenvalue weighted by molar-refractivity contribution is 0.489. The Morgan fingerprint density at radius 3 is 2.55 bits per heavy atom. The monoisotopic (exact) mass is 295 g/mol. The number of aryl methyl sites for hydroxylation is 1. The molecule has 0 saturated heterocycles. The lowest BCUT2D eigenvalue weighted by Gasteiger charge is -2.18. The van der Waals surface area contributed by atoms with Crippen molar-refractivity contribution in [2.24, 2.45) is 0 Å². The molecule has 0 amide bonds. The van der Waals surface area contributed by atoms with Crippen molar-refractivity contribution < 1.29 is 8.78 Å². The summed E-state index contributed by atoms with van der Waals surface area (Å²) >= 11 is 1.75. The van der Waals surface area contributed by atoms with Gasteiger partial charge in [0.1, 0.15) is 11.6 Å². The van der Waals surface area contributed by atoms with E-state index >= 15 is 0 Å². The maximum absolute atomic E-state index is 13.3. The first-order chi connectivity index (χ1) is 9.69. The lowest BCUT2D eigenvalue weighted by atomic mass is 10.0. The summed E-state index contributed by atoms with van der Waals surface area (Å²) in [6, 6.07) is 7.92. The van der Waals surface area contributed by atoms with E-state index in [4.69, 9.17) is 0 Å². The third-order valence-corrected chi connectivity index (χ3v) is 4.17. The van der Waals surface area contributed by atoms with Crippen molar-refractivity contribution in [2.75, 3.05) is 6.54 Å². The van der Waals surface area contributed by atoms with E-state index in [2.05, 4.69) is 16.8 Å². The standard InChI is InChI=1S/C16H19F2NS/c1-2-19-16(7-3-5-15-6-4-8-20-15)12-9-13(17)11-14(18)10-12/h4,6,8-11,16,19H,2-3,5,7H2,1H3. The first kappa shape index (κ1) is 15.1. The third kappa shape index (κ3) is 4.39. The summed E-state index contributed by atoms with van der Waals surface area (Å²) in [5.74, 6) is -1.03. The predicted octanol–water partition coefficient (Wildman–Crippen LogP) is 4.70. The fourth-order valence-electron chi connectivity index (χ4n) is 2.34. The van der Waals surface area contributed by atoms with E-state index in [9.17, 15) is 8.78 Å². The molecule has 1 unspecified atom stereocenters. The second-order valence-corrected chi connectivity index (χ2v) is 5.82. The molecule has 0 saturated carbocycles. The molecule has 0 spiro atoms. The highest BCUT2D eigenvalue weighted by atomic mass is 32.1. The van der Waals surface area contributed by atoms with Crippen LogP contribution in [0.4, 0.5) is 8.78 Å². The molecule has 0 aliphatic rings. The maximum atomic E-state index is 13.3. The van der Waals surface area contributed by atoms with Crippen molar-refractivity contribution in [3.8, 4) is 0 Å². The Hall–Kier alpha value is -1.26. The summed E-state index contributed by atoms with van der Waals surface area (Å²) in [6.45, 7) is 2.78. The number of rotatable bonds is 7. The van der Waals surface area contributed by atoms with Crippen LogP contribution in [0.2, 0.25) is 0 Å². The number of nitrogens with one attached hydrogen (secondary N) is 1. The average molecular weight is 295 g/mol. The van der Waals surface area contributed by atoms with Crippen LogP contribution in [0.5, 0.6) is 0 Å². The maximum Gasteiger partial charge on any atom is 0.126 e. The minimum absolute atomic E-state index is 0.00478. The van der Waals surface area contributed by atoms with Gasteiger partial charge in [-0.1, -0.05) is 13.0 Å². The van der Waals surface area contributed by atoms with Crippen LogP contribution in [0, 0.1) is 11.6 Å². The second kappa shape index (κ2) is 7.50. The Bertz CT molecular complexity index is 505. The van der Waals surface area contributed by atoms with E-state index in [0.717, 1.165) is 31.9 Å². The Morgan fingerprint density at radius 2 is 1.95 bits per heavy atom.